The lowest BCUT2D eigenvalue weighted by Gasteiger charge is -2.37. The van der Waals surface area contributed by atoms with Crippen LogP contribution in [0.4, 0.5) is 0 Å². The summed E-state index contributed by atoms with van der Waals surface area (Å²) in [6.07, 6.45) is -0.777. The summed E-state index contributed by atoms with van der Waals surface area (Å²) in [4.78, 5) is 13.2. The first kappa shape index (κ1) is 14.0. The lowest BCUT2D eigenvalue weighted by Crippen LogP contribution is -2.46. The molecule has 2 atom stereocenters. The van der Waals surface area contributed by atoms with Crippen molar-refractivity contribution in [3.63, 3.8) is 0 Å². The fourth-order valence-corrected chi connectivity index (χ4v) is 2.07. The van der Waals surface area contributed by atoms with Crippen LogP contribution >= 0.6 is 12.4 Å². The third kappa shape index (κ3) is 2.97. The van der Waals surface area contributed by atoms with Crippen LogP contribution < -0.4 is 0 Å². The molecule has 0 amide bonds. The van der Waals surface area contributed by atoms with Crippen LogP contribution in [0.1, 0.15) is 11.6 Å². The van der Waals surface area contributed by atoms with Crippen molar-refractivity contribution in [3.8, 4) is 0 Å². The number of hydrogen-bond acceptors (Lipinski definition) is 3. The Morgan fingerprint density at radius 2 is 2.06 bits per heavy atom. The average molecular weight is 258 g/mol. The number of aliphatic carboxylic acids is 1. The highest BCUT2D eigenvalue weighted by atomic mass is 35.5. The Balaban J connectivity index is 0.00000144. The van der Waals surface area contributed by atoms with Crippen molar-refractivity contribution >= 4 is 18.4 Å². The second kappa shape index (κ2) is 6.00. The van der Waals surface area contributed by atoms with Crippen molar-refractivity contribution < 1.29 is 14.6 Å². The van der Waals surface area contributed by atoms with E-state index in [1.165, 1.54) is 0 Å². The lowest BCUT2D eigenvalue weighted by atomic mass is 9.99. The van der Waals surface area contributed by atoms with Crippen molar-refractivity contribution in [1.82, 2.24) is 4.90 Å². The van der Waals surface area contributed by atoms with Gasteiger partial charge in [0, 0.05) is 6.54 Å². The number of rotatable bonds is 2. The number of nitrogens with zero attached hydrogens (tertiary/aromatic N) is 1. The van der Waals surface area contributed by atoms with Crippen LogP contribution in [0.2, 0.25) is 0 Å². The number of hydrogen-bond donors (Lipinski definition) is 1. The summed E-state index contributed by atoms with van der Waals surface area (Å²) < 4.78 is 5.34. The van der Waals surface area contributed by atoms with Gasteiger partial charge in [0.15, 0.2) is 6.10 Å². The van der Waals surface area contributed by atoms with Gasteiger partial charge in [0.05, 0.1) is 12.6 Å². The van der Waals surface area contributed by atoms with Gasteiger partial charge >= 0.3 is 5.97 Å². The van der Waals surface area contributed by atoms with Crippen LogP contribution in [0.3, 0.4) is 0 Å². The molecule has 0 radical (unpaired) electrons. The Kier molecular flexibility index (Phi) is 4.93. The first-order valence-electron chi connectivity index (χ1n) is 5.30. The van der Waals surface area contributed by atoms with E-state index in [-0.39, 0.29) is 18.4 Å². The minimum Gasteiger partial charge on any atom is -0.479 e. The molecule has 1 fully saturated rings. The molecule has 5 heteroatoms. The molecule has 4 nitrogen and oxygen atoms in total. The molecular formula is C12H16ClNO3. The van der Waals surface area contributed by atoms with Gasteiger partial charge < -0.3 is 9.84 Å². The van der Waals surface area contributed by atoms with Crippen LogP contribution in [0.15, 0.2) is 30.3 Å². The molecule has 1 aliphatic heterocycles. The average Bonchev–Trinajstić information content (AvgIpc) is 2.29. The predicted molar refractivity (Wildman–Crippen MR) is 66.4 cm³/mol. The maximum Gasteiger partial charge on any atom is 0.334 e. The Morgan fingerprint density at radius 3 is 2.65 bits per heavy atom. The number of ether oxygens (including phenoxy) is 1. The van der Waals surface area contributed by atoms with Gasteiger partial charge in [-0.1, -0.05) is 30.3 Å². The predicted octanol–water partition coefficient (Wildman–Crippen LogP) is 1.56. The van der Waals surface area contributed by atoms with Gasteiger partial charge in [-0.2, -0.15) is 0 Å². The van der Waals surface area contributed by atoms with E-state index >= 15 is 0 Å². The summed E-state index contributed by atoms with van der Waals surface area (Å²) in [5, 5.41) is 9.14. The highest BCUT2D eigenvalue weighted by Gasteiger charge is 2.36. The van der Waals surface area contributed by atoms with Crippen LogP contribution in [-0.4, -0.2) is 42.3 Å². The van der Waals surface area contributed by atoms with Crippen molar-refractivity contribution in [2.24, 2.45) is 0 Å². The topological polar surface area (TPSA) is 49.8 Å². The van der Waals surface area contributed by atoms with E-state index < -0.39 is 12.1 Å². The second-order valence-corrected chi connectivity index (χ2v) is 3.97. The maximum absolute atomic E-state index is 11.1. The van der Waals surface area contributed by atoms with E-state index in [0.29, 0.717) is 6.61 Å². The Morgan fingerprint density at radius 1 is 1.41 bits per heavy atom. The Labute approximate surface area is 107 Å². The summed E-state index contributed by atoms with van der Waals surface area (Å²) in [7, 11) is 1.93. The van der Waals surface area contributed by atoms with Crippen molar-refractivity contribution in [2.45, 2.75) is 12.1 Å². The molecule has 17 heavy (non-hydrogen) atoms. The maximum atomic E-state index is 11.1. The number of carboxylic acids is 1. The van der Waals surface area contributed by atoms with Gasteiger partial charge in [0.1, 0.15) is 0 Å². The summed E-state index contributed by atoms with van der Waals surface area (Å²) in [6.45, 7) is 1.22. The Bertz CT molecular complexity index is 371. The largest absolute Gasteiger partial charge is 0.479 e. The van der Waals surface area contributed by atoms with E-state index in [9.17, 15) is 4.79 Å². The highest BCUT2D eigenvalue weighted by molar-refractivity contribution is 5.85. The molecule has 0 spiro atoms. The molecule has 94 valence electrons. The van der Waals surface area contributed by atoms with Crippen molar-refractivity contribution in [1.29, 1.82) is 0 Å². The molecule has 1 saturated heterocycles. The molecule has 1 aromatic rings. The second-order valence-electron chi connectivity index (χ2n) is 3.97. The monoisotopic (exact) mass is 257 g/mol. The number of carbonyl (C=O) groups is 1. The van der Waals surface area contributed by atoms with Crippen LogP contribution in [0.25, 0.3) is 0 Å². The van der Waals surface area contributed by atoms with E-state index in [4.69, 9.17) is 9.84 Å². The standard InChI is InChI=1S/C12H15NO3.ClH/c1-13-7-8-16-11(12(14)15)10(13)9-5-3-2-4-6-9;/h2-6,10-11H,7-8H2,1H3,(H,14,15);1H/t10-,11+;/m0./s1. The fraction of sp³-hybridized carbons (Fsp3) is 0.417. The lowest BCUT2D eigenvalue weighted by molar-refractivity contribution is -0.162. The fourth-order valence-electron chi connectivity index (χ4n) is 2.07. The quantitative estimate of drug-likeness (QED) is 0.874. The number of morpholine rings is 1. The Hall–Kier alpha value is -1.10. The number of carboxylic acid groups (broad SMARTS) is 1. The first-order chi connectivity index (χ1) is 7.70. The molecule has 0 unspecified atom stereocenters. The van der Waals surface area contributed by atoms with Crippen LogP contribution in [0, 0.1) is 0 Å². The summed E-state index contributed by atoms with van der Waals surface area (Å²) in [5.74, 6) is -0.902. The van der Waals surface area contributed by atoms with E-state index in [0.717, 1.165) is 12.1 Å². The summed E-state index contributed by atoms with van der Waals surface area (Å²) in [6, 6.07) is 9.42. The summed E-state index contributed by atoms with van der Waals surface area (Å²) >= 11 is 0. The first-order valence-corrected chi connectivity index (χ1v) is 5.30. The zero-order chi connectivity index (χ0) is 11.5. The van der Waals surface area contributed by atoms with Crippen molar-refractivity contribution in [3.05, 3.63) is 35.9 Å². The molecule has 1 aromatic carbocycles. The van der Waals surface area contributed by atoms with Gasteiger partial charge in [0.2, 0.25) is 0 Å². The minimum absolute atomic E-state index is 0. The van der Waals surface area contributed by atoms with E-state index in [2.05, 4.69) is 0 Å². The highest BCUT2D eigenvalue weighted by Crippen LogP contribution is 2.28. The minimum atomic E-state index is -0.902. The molecule has 0 aromatic heterocycles. The molecular weight excluding hydrogens is 242 g/mol. The molecule has 0 aliphatic carbocycles. The molecule has 0 saturated carbocycles. The van der Waals surface area contributed by atoms with Gasteiger partial charge in [-0.25, -0.2) is 4.79 Å². The summed E-state index contributed by atoms with van der Waals surface area (Å²) in [5.41, 5.74) is 0.983. The van der Waals surface area contributed by atoms with Crippen LogP contribution in [-0.2, 0) is 9.53 Å². The SMILES string of the molecule is CN1CCO[C@@H](C(=O)O)[C@@H]1c1ccccc1.Cl. The number of benzene rings is 1. The van der Waals surface area contributed by atoms with E-state index in [1.807, 2.05) is 42.3 Å². The van der Waals surface area contributed by atoms with Gasteiger partial charge in [-0.3, -0.25) is 4.90 Å². The molecule has 2 rings (SSSR count). The van der Waals surface area contributed by atoms with Gasteiger partial charge in [-0.15, -0.1) is 12.4 Å². The molecule has 1 heterocycles. The molecule has 0 bridgehead atoms. The third-order valence-corrected chi connectivity index (χ3v) is 2.89. The van der Waals surface area contributed by atoms with Crippen molar-refractivity contribution in [2.75, 3.05) is 20.2 Å². The zero-order valence-electron chi connectivity index (χ0n) is 9.57. The number of halogens is 1. The van der Waals surface area contributed by atoms with Gasteiger partial charge in [-0.05, 0) is 12.6 Å². The van der Waals surface area contributed by atoms with E-state index in [1.54, 1.807) is 0 Å². The zero-order valence-corrected chi connectivity index (χ0v) is 10.4. The van der Waals surface area contributed by atoms with Crippen LogP contribution in [0.5, 0.6) is 0 Å². The van der Waals surface area contributed by atoms with Gasteiger partial charge in [0.25, 0.3) is 0 Å². The normalized spacial score (nSPS) is 25.0. The number of likely N-dealkylation sites (N-methyl/N-ethyl adjacent to an activating group) is 1. The smallest absolute Gasteiger partial charge is 0.334 e. The molecule has 1 N–H and O–H groups in total. The third-order valence-electron chi connectivity index (χ3n) is 2.89. The molecule has 1 aliphatic rings.